The summed E-state index contributed by atoms with van der Waals surface area (Å²) in [5, 5.41) is 7.13. The van der Waals surface area contributed by atoms with E-state index in [0.29, 0.717) is 5.71 Å². The molecule has 0 radical (unpaired) electrons. The van der Waals surface area contributed by atoms with Gasteiger partial charge in [0.15, 0.2) is 0 Å². The van der Waals surface area contributed by atoms with E-state index < -0.39 is 0 Å². The van der Waals surface area contributed by atoms with Gasteiger partial charge in [0.05, 0.1) is 7.05 Å². The lowest BCUT2D eigenvalue weighted by Gasteiger charge is -2.24. The molecule has 3 nitrogen and oxygen atoms in total. The van der Waals surface area contributed by atoms with Crippen molar-refractivity contribution < 1.29 is 8.98 Å². The summed E-state index contributed by atoms with van der Waals surface area (Å²) >= 11 is 0. The molecule has 192 valence electrons. The van der Waals surface area contributed by atoms with E-state index in [-0.39, 0.29) is 10.8 Å². The lowest BCUT2D eigenvalue weighted by molar-refractivity contribution is -0.668. The summed E-state index contributed by atoms with van der Waals surface area (Å²) < 4.78 is 8.82. The van der Waals surface area contributed by atoms with Gasteiger partial charge >= 0.3 is 5.71 Å². The van der Waals surface area contributed by atoms with E-state index in [0.717, 1.165) is 33.3 Å². The Morgan fingerprint density at radius 1 is 0.737 bits per heavy atom. The first kappa shape index (κ1) is 24.6. The Balaban J connectivity index is 1.75. The highest BCUT2D eigenvalue weighted by atomic mass is 16.3. The van der Waals surface area contributed by atoms with Crippen LogP contribution in [0.15, 0.2) is 65.1 Å². The van der Waals surface area contributed by atoms with Crippen molar-refractivity contribution in [2.24, 2.45) is 7.05 Å². The molecule has 6 rings (SSSR count). The van der Waals surface area contributed by atoms with Gasteiger partial charge in [0.2, 0.25) is 0 Å². The van der Waals surface area contributed by atoms with Gasteiger partial charge in [0, 0.05) is 23.3 Å². The van der Waals surface area contributed by atoms with E-state index in [9.17, 15) is 0 Å². The standard InChI is InChI=1S/C35H37N2O/c1-20-24-12-10-11-13-26(24)29(35(6,7)8)19-28(20)31-30-27-16-14-22-18-23(34(3,4)5)15-17-25(22)32(27)38-33(30)36-21(2)37(31)9/h10-19H,1-9H3/q+1. The molecule has 0 saturated heterocycles. The highest BCUT2D eigenvalue weighted by molar-refractivity contribution is 6.17. The number of fused-ring (bicyclic) bond motifs is 6. The van der Waals surface area contributed by atoms with Crippen LogP contribution in [0.1, 0.15) is 64.1 Å². The maximum atomic E-state index is 6.59. The molecule has 0 N–H and O–H groups in total. The zero-order valence-electron chi connectivity index (χ0n) is 24.1. The van der Waals surface area contributed by atoms with Crippen LogP contribution >= 0.6 is 0 Å². The first-order valence-corrected chi connectivity index (χ1v) is 13.6. The van der Waals surface area contributed by atoms with Gasteiger partial charge < -0.3 is 4.42 Å². The zero-order chi connectivity index (χ0) is 27.1. The van der Waals surface area contributed by atoms with Crippen molar-refractivity contribution in [3.63, 3.8) is 0 Å². The zero-order valence-corrected chi connectivity index (χ0v) is 24.1. The highest BCUT2D eigenvalue weighted by Gasteiger charge is 2.29. The van der Waals surface area contributed by atoms with Gasteiger partial charge in [-0.05, 0) is 67.7 Å². The second kappa shape index (κ2) is 8.14. The summed E-state index contributed by atoms with van der Waals surface area (Å²) in [6, 6.07) is 22.4. The molecule has 2 aromatic heterocycles. The van der Waals surface area contributed by atoms with Gasteiger partial charge in [-0.2, -0.15) is 0 Å². The molecule has 38 heavy (non-hydrogen) atoms. The number of aromatic nitrogens is 2. The molecule has 2 heterocycles. The molecular formula is C35H37N2O+. The van der Waals surface area contributed by atoms with E-state index in [2.05, 4.69) is 128 Å². The summed E-state index contributed by atoms with van der Waals surface area (Å²) in [5.74, 6) is 0.927. The topological polar surface area (TPSA) is 29.9 Å². The van der Waals surface area contributed by atoms with Crippen LogP contribution in [-0.4, -0.2) is 4.98 Å². The fraction of sp³-hybridized carbons (Fsp3) is 0.314. The maximum absolute atomic E-state index is 6.59. The third kappa shape index (κ3) is 3.63. The van der Waals surface area contributed by atoms with E-state index in [1.54, 1.807) is 0 Å². The van der Waals surface area contributed by atoms with Crippen LogP contribution in [0.2, 0.25) is 0 Å². The van der Waals surface area contributed by atoms with Crippen molar-refractivity contribution in [3.8, 4) is 11.3 Å². The molecule has 0 aliphatic carbocycles. The summed E-state index contributed by atoms with van der Waals surface area (Å²) in [6.07, 6.45) is 0. The number of furan rings is 1. The van der Waals surface area contributed by atoms with E-state index >= 15 is 0 Å². The van der Waals surface area contributed by atoms with Crippen LogP contribution in [0.4, 0.5) is 0 Å². The quantitative estimate of drug-likeness (QED) is 0.210. The van der Waals surface area contributed by atoms with Crippen LogP contribution in [0.5, 0.6) is 0 Å². The Kier molecular flexibility index (Phi) is 5.27. The average Bonchev–Trinajstić information content (AvgIpc) is 3.22. The maximum Gasteiger partial charge on any atom is 0.346 e. The molecule has 0 unspecified atom stereocenters. The summed E-state index contributed by atoms with van der Waals surface area (Å²) in [5.41, 5.74) is 8.04. The molecule has 0 spiro atoms. The molecule has 4 aromatic carbocycles. The number of rotatable bonds is 1. The number of benzene rings is 4. The van der Waals surface area contributed by atoms with Gasteiger partial charge in [0.1, 0.15) is 16.7 Å². The molecule has 0 fully saturated rings. The molecule has 0 aliphatic rings. The molecule has 0 saturated carbocycles. The van der Waals surface area contributed by atoms with E-state index in [4.69, 9.17) is 9.40 Å². The first-order valence-electron chi connectivity index (χ1n) is 13.6. The normalized spacial score (nSPS) is 12.9. The van der Waals surface area contributed by atoms with Crippen molar-refractivity contribution in [1.82, 2.24) is 4.98 Å². The highest BCUT2D eigenvalue weighted by Crippen LogP contribution is 2.42. The average molecular weight is 502 g/mol. The summed E-state index contributed by atoms with van der Waals surface area (Å²) in [7, 11) is 2.12. The predicted octanol–water partition coefficient (Wildman–Crippen LogP) is 8.99. The number of hydrogen-bond acceptors (Lipinski definition) is 2. The van der Waals surface area contributed by atoms with Crippen LogP contribution in [0.3, 0.4) is 0 Å². The Labute approximate surface area is 225 Å². The Morgan fingerprint density at radius 3 is 2.11 bits per heavy atom. The number of hydrogen-bond donors (Lipinski definition) is 0. The predicted molar refractivity (Wildman–Crippen MR) is 160 cm³/mol. The smallest absolute Gasteiger partial charge is 0.346 e. The minimum atomic E-state index is 0.00123. The summed E-state index contributed by atoms with van der Waals surface area (Å²) in [4.78, 5) is 4.92. The van der Waals surface area contributed by atoms with Gasteiger partial charge in [-0.15, -0.1) is 0 Å². The fourth-order valence-electron chi connectivity index (χ4n) is 5.90. The monoisotopic (exact) mass is 501 g/mol. The molecule has 0 aliphatic heterocycles. The van der Waals surface area contributed by atoms with Crippen molar-refractivity contribution in [2.75, 3.05) is 0 Å². The second-order valence-electron chi connectivity index (χ2n) is 12.9. The van der Waals surface area contributed by atoms with Crippen molar-refractivity contribution in [2.45, 2.75) is 66.2 Å². The Morgan fingerprint density at radius 2 is 1.42 bits per heavy atom. The van der Waals surface area contributed by atoms with Crippen LogP contribution in [0.25, 0.3) is 54.9 Å². The molecule has 0 atom stereocenters. The number of aryl methyl sites for hydroxylation is 2. The SMILES string of the molecule is Cc1c(-c2c3c(nc(C)[n+]2C)oc2c4ccc(C(C)(C)C)cc4ccc23)cc(C(C)(C)C)c2ccccc12. The first-order chi connectivity index (χ1) is 17.9. The van der Waals surface area contributed by atoms with Gasteiger partial charge in [-0.1, -0.05) is 90.1 Å². The van der Waals surface area contributed by atoms with Gasteiger partial charge in [-0.3, -0.25) is 0 Å². The van der Waals surface area contributed by atoms with Crippen LogP contribution in [-0.2, 0) is 17.9 Å². The fourth-order valence-corrected chi connectivity index (χ4v) is 5.90. The second-order valence-corrected chi connectivity index (χ2v) is 12.9. The van der Waals surface area contributed by atoms with E-state index in [1.165, 1.54) is 38.4 Å². The van der Waals surface area contributed by atoms with E-state index in [1.807, 2.05) is 0 Å². The lowest BCUT2D eigenvalue weighted by atomic mass is 9.80. The van der Waals surface area contributed by atoms with Crippen molar-refractivity contribution in [1.29, 1.82) is 0 Å². The lowest BCUT2D eigenvalue weighted by Crippen LogP contribution is -2.36. The van der Waals surface area contributed by atoms with Crippen molar-refractivity contribution in [3.05, 3.63) is 83.2 Å². The van der Waals surface area contributed by atoms with Crippen molar-refractivity contribution >= 4 is 43.6 Å². The molecule has 0 amide bonds. The molecule has 0 bridgehead atoms. The Hall–Kier alpha value is -3.72. The largest absolute Gasteiger partial charge is 0.418 e. The Bertz CT molecular complexity index is 1910. The van der Waals surface area contributed by atoms with Crippen LogP contribution in [0, 0.1) is 13.8 Å². The third-order valence-electron chi connectivity index (χ3n) is 8.22. The minimum absolute atomic E-state index is 0.00123. The number of nitrogens with zero attached hydrogens (tertiary/aromatic N) is 2. The molecular weight excluding hydrogens is 464 g/mol. The van der Waals surface area contributed by atoms with Gasteiger partial charge in [0.25, 0.3) is 5.82 Å². The molecule has 3 heteroatoms. The van der Waals surface area contributed by atoms with Crippen LogP contribution < -0.4 is 4.57 Å². The third-order valence-corrected chi connectivity index (χ3v) is 8.22. The summed E-state index contributed by atoms with van der Waals surface area (Å²) in [6.45, 7) is 18.0. The minimum Gasteiger partial charge on any atom is -0.418 e. The molecule has 6 aromatic rings. The van der Waals surface area contributed by atoms with Gasteiger partial charge in [-0.25, -0.2) is 4.57 Å².